The standard InChI is InChI=1S/C11H15N3O2/c1-15-9-2-8(12)3-13-10(9)14-4-11(5-14)6-16-7-11/h2-3H,4-7,12H2,1H3. The molecule has 2 fully saturated rings. The fourth-order valence-electron chi connectivity index (χ4n) is 2.33. The summed E-state index contributed by atoms with van der Waals surface area (Å²) in [4.78, 5) is 6.54. The van der Waals surface area contributed by atoms with E-state index in [9.17, 15) is 0 Å². The van der Waals surface area contributed by atoms with Crippen molar-refractivity contribution in [2.75, 3.05) is 44.0 Å². The lowest BCUT2D eigenvalue weighted by atomic mass is 9.78. The molecule has 5 nitrogen and oxygen atoms in total. The van der Waals surface area contributed by atoms with Crippen molar-refractivity contribution < 1.29 is 9.47 Å². The van der Waals surface area contributed by atoms with Gasteiger partial charge in [0.2, 0.25) is 0 Å². The monoisotopic (exact) mass is 221 g/mol. The topological polar surface area (TPSA) is 60.6 Å². The molecule has 0 aliphatic carbocycles. The Kier molecular flexibility index (Phi) is 1.97. The lowest BCUT2D eigenvalue weighted by Crippen LogP contribution is -2.66. The van der Waals surface area contributed by atoms with E-state index in [4.69, 9.17) is 15.2 Å². The van der Waals surface area contributed by atoms with E-state index in [1.165, 1.54) is 0 Å². The molecule has 2 saturated heterocycles. The number of aromatic nitrogens is 1. The molecule has 86 valence electrons. The first kappa shape index (κ1) is 9.72. The van der Waals surface area contributed by atoms with E-state index in [-0.39, 0.29) is 0 Å². The number of hydrogen-bond acceptors (Lipinski definition) is 5. The maximum absolute atomic E-state index is 5.67. The molecule has 0 unspecified atom stereocenters. The van der Waals surface area contributed by atoms with E-state index in [2.05, 4.69) is 9.88 Å². The van der Waals surface area contributed by atoms with E-state index in [1.807, 2.05) is 6.07 Å². The highest BCUT2D eigenvalue weighted by molar-refractivity contribution is 5.59. The summed E-state index contributed by atoms with van der Waals surface area (Å²) in [5, 5.41) is 0. The molecule has 0 bridgehead atoms. The van der Waals surface area contributed by atoms with Crippen LogP contribution in [0.15, 0.2) is 12.3 Å². The Morgan fingerprint density at radius 3 is 2.81 bits per heavy atom. The molecule has 0 aromatic carbocycles. The third-order valence-corrected chi connectivity index (χ3v) is 3.24. The van der Waals surface area contributed by atoms with Crippen LogP contribution in [-0.4, -0.2) is 38.4 Å². The first-order valence-corrected chi connectivity index (χ1v) is 5.35. The highest BCUT2D eigenvalue weighted by atomic mass is 16.5. The average molecular weight is 221 g/mol. The van der Waals surface area contributed by atoms with Crippen LogP contribution in [0.25, 0.3) is 0 Å². The third kappa shape index (κ3) is 1.31. The second kappa shape index (κ2) is 3.25. The predicted molar refractivity (Wildman–Crippen MR) is 60.7 cm³/mol. The van der Waals surface area contributed by atoms with Gasteiger partial charge in [-0.1, -0.05) is 0 Å². The lowest BCUT2D eigenvalue weighted by molar-refractivity contribution is -0.127. The summed E-state index contributed by atoms with van der Waals surface area (Å²) in [5.74, 6) is 1.63. The maximum atomic E-state index is 5.67. The molecule has 1 aromatic heterocycles. The minimum atomic E-state index is 0.383. The van der Waals surface area contributed by atoms with Gasteiger partial charge >= 0.3 is 0 Å². The quantitative estimate of drug-likeness (QED) is 0.788. The number of methoxy groups -OCH3 is 1. The summed E-state index contributed by atoms with van der Waals surface area (Å²) in [5.41, 5.74) is 6.68. The van der Waals surface area contributed by atoms with Gasteiger partial charge in [-0.2, -0.15) is 0 Å². The largest absolute Gasteiger partial charge is 0.493 e. The van der Waals surface area contributed by atoms with E-state index < -0.39 is 0 Å². The molecule has 1 aromatic rings. The molecule has 2 aliphatic heterocycles. The minimum absolute atomic E-state index is 0.383. The zero-order valence-corrected chi connectivity index (χ0v) is 9.27. The third-order valence-electron chi connectivity index (χ3n) is 3.24. The fourth-order valence-corrected chi connectivity index (χ4v) is 2.33. The molecule has 16 heavy (non-hydrogen) atoms. The Bertz CT molecular complexity index is 410. The van der Waals surface area contributed by atoms with Gasteiger partial charge in [0.05, 0.1) is 37.6 Å². The Morgan fingerprint density at radius 1 is 1.50 bits per heavy atom. The Balaban J connectivity index is 1.79. The number of nitrogens with two attached hydrogens (primary N) is 1. The van der Waals surface area contributed by atoms with Crippen LogP contribution in [0.3, 0.4) is 0 Å². The molecule has 0 amide bonds. The molecular formula is C11H15N3O2. The van der Waals surface area contributed by atoms with Crippen molar-refractivity contribution in [3.63, 3.8) is 0 Å². The second-order valence-electron chi connectivity index (χ2n) is 4.64. The van der Waals surface area contributed by atoms with Crippen molar-refractivity contribution in [3.05, 3.63) is 12.3 Å². The Labute approximate surface area is 94.2 Å². The first-order chi connectivity index (χ1) is 7.72. The molecule has 3 rings (SSSR count). The highest BCUT2D eigenvalue weighted by Gasteiger charge is 2.50. The van der Waals surface area contributed by atoms with Crippen LogP contribution in [-0.2, 0) is 4.74 Å². The first-order valence-electron chi connectivity index (χ1n) is 5.35. The van der Waals surface area contributed by atoms with E-state index in [1.54, 1.807) is 13.3 Å². The molecule has 0 saturated carbocycles. The van der Waals surface area contributed by atoms with Crippen molar-refractivity contribution in [3.8, 4) is 5.75 Å². The van der Waals surface area contributed by atoms with Crippen LogP contribution in [0.2, 0.25) is 0 Å². The van der Waals surface area contributed by atoms with Crippen LogP contribution in [0.4, 0.5) is 11.5 Å². The predicted octanol–water partition coefficient (Wildman–Crippen LogP) is 0.509. The van der Waals surface area contributed by atoms with E-state index in [0.29, 0.717) is 11.1 Å². The number of anilines is 2. The number of hydrogen-bond donors (Lipinski definition) is 1. The molecule has 5 heteroatoms. The van der Waals surface area contributed by atoms with Gasteiger partial charge in [-0.25, -0.2) is 4.98 Å². The molecule has 2 aliphatic rings. The van der Waals surface area contributed by atoms with E-state index >= 15 is 0 Å². The van der Waals surface area contributed by atoms with E-state index in [0.717, 1.165) is 37.9 Å². The van der Waals surface area contributed by atoms with Crippen LogP contribution in [0.1, 0.15) is 0 Å². The summed E-state index contributed by atoms with van der Waals surface area (Å²) < 4.78 is 10.5. The van der Waals surface area contributed by atoms with Crippen molar-refractivity contribution in [2.24, 2.45) is 5.41 Å². The summed E-state index contributed by atoms with van der Waals surface area (Å²) >= 11 is 0. The maximum Gasteiger partial charge on any atom is 0.171 e. The van der Waals surface area contributed by atoms with Crippen molar-refractivity contribution in [1.82, 2.24) is 4.98 Å². The van der Waals surface area contributed by atoms with Gasteiger partial charge in [0, 0.05) is 19.2 Å². The highest BCUT2D eigenvalue weighted by Crippen LogP contribution is 2.42. The zero-order chi connectivity index (χ0) is 11.2. The molecule has 3 heterocycles. The number of pyridine rings is 1. The van der Waals surface area contributed by atoms with Gasteiger partial charge in [0.15, 0.2) is 11.6 Å². The molecule has 0 radical (unpaired) electrons. The van der Waals surface area contributed by atoms with Gasteiger partial charge in [-0.3, -0.25) is 0 Å². The average Bonchev–Trinajstić information content (AvgIpc) is 2.15. The number of nitrogen functional groups attached to an aromatic ring is 1. The van der Waals surface area contributed by atoms with Crippen LogP contribution in [0, 0.1) is 5.41 Å². The summed E-state index contributed by atoms with van der Waals surface area (Å²) in [6, 6.07) is 1.81. The van der Waals surface area contributed by atoms with Crippen LogP contribution < -0.4 is 15.4 Å². The lowest BCUT2D eigenvalue weighted by Gasteiger charge is -2.55. The number of ether oxygens (including phenoxy) is 2. The van der Waals surface area contributed by atoms with Gasteiger partial charge in [-0.15, -0.1) is 0 Å². The van der Waals surface area contributed by atoms with Gasteiger partial charge < -0.3 is 20.1 Å². The minimum Gasteiger partial charge on any atom is -0.493 e. The number of rotatable bonds is 2. The molecular weight excluding hydrogens is 206 g/mol. The van der Waals surface area contributed by atoms with Gasteiger partial charge in [-0.05, 0) is 0 Å². The summed E-state index contributed by atoms with van der Waals surface area (Å²) in [6.45, 7) is 3.75. The fraction of sp³-hybridized carbons (Fsp3) is 0.545. The SMILES string of the molecule is COc1cc(N)cnc1N1CC2(COC2)C1. The van der Waals surface area contributed by atoms with Crippen LogP contribution in [0.5, 0.6) is 5.75 Å². The Hall–Kier alpha value is -1.49. The van der Waals surface area contributed by atoms with Crippen molar-refractivity contribution in [2.45, 2.75) is 0 Å². The van der Waals surface area contributed by atoms with Crippen molar-refractivity contribution >= 4 is 11.5 Å². The van der Waals surface area contributed by atoms with Gasteiger partial charge in [0.1, 0.15) is 0 Å². The van der Waals surface area contributed by atoms with Crippen molar-refractivity contribution in [1.29, 1.82) is 0 Å². The molecule has 2 N–H and O–H groups in total. The van der Waals surface area contributed by atoms with Gasteiger partial charge in [0.25, 0.3) is 0 Å². The Morgan fingerprint density at radius 2 is 2.25 bits per heavy atom. The normalized spacial score (nSPS) is 21.4. The zero-order valence-electron chi connectivity index (χ0n) is 9.27. The second-order valence-corrected chi connectivity index (χ2v) is 4.64. The summed E-state index contributed by atoms with van der Waals surface area (Å²) in [7, 11) is 1.64. The summed E-state index contributed by atoms with van der Waals surface area (Å²) in [6.07, 6.45) is 1.67. The van der Waals surface area contributed by atoms with Crippen LogP contribution >= 0.6 is 0 Å². The molecule has 0 atom stereocenters. The smallest absolute Gasteiger partial charge is 0.171 e. The molecule has 1 spiro atoms. The number of nitrogens with zero attached hydrogens (tertiary/aromatic N) is 2.